The first-order valence-corrected chi connectivity index (χ1v) is 6.51. The first-order valence-electron chi connectivity index (χ1n) is 6.51. The Hall–Kier alpha value is -3.46. The van der Waals surface area contributed by atoms with E-state index in [1.165, 1.54) is 48.5 Å². The van der Waals surface area contributed by atoms with Crippen LogP contribution in [-0.2, 0) is 4.79 Å². The van der Waals surface area contributed by atoms with Gasteiger partial charge in [0.05, 0.1) is 5.56 Å². The fourth-order valence-electron chi connectivity index (χ4n) is 1.81. The van der Waals surface area contributed by atoms with Crippen LogP contribution in [0.2, 0.25) is 0 Å². The van der Waals surface area contributed by atoms with Gasteiger partial charge in [-0.3, -0.25) is 4.79 Å². The summed E-state index contributed by atoms with van der Waals surface area (Å²) in [6, 6.07) is 12.7. The first kappa shape index (κ1) is 15.9. The van der Waals surface area contributed by atoms with Crippen molar-refractivity contribution in [2.24, 2.45) is 0 Å². The van der Waals surface area contributed by atoms with E-state index in [2.05, 4.69) is 5.32 Å². The third kappa shape index (κ3) is 4.25. The number of carboxylic acids is 1. The Morgan fingerprint density at radius 2 is 1.87 bits per heavy atom. The number of nitriles is 1. The van der Waals surface area contributed by atoms with Crippen molar-refractivity contribution in [3.63, 3.8) is 0 Å². The maximum Gasteiger partial charge on any atom is 0.335 e. The molecule has 2 aromatic rings. The van der Waals surface area contributed by atoms with E-state index in [4.69, 9.17) is 10.4 Å². The molecule has 23 heavy (non-hydrogen) atoms. The lowest BCUT2D eigenvalue weighted by atomic mass is 10.1. The fourth-order valence-corrected chi connectivity index (χ4v) is 1.81. The molecule has 0 spiro atoms. The van der Waals surface area contributed by atoms with Crippen LogP contribution >= 0.6 is 0 Å². The third-order valence-electron chi connectivity index (χ3n) is 2.91. The van der Waals surface area contributed by atoms with Gasteiger partial charge in [0.25, 0.3) is 5.91 Å². The van der Waals surface area contributed by atoms with Crippen LogP contribution in [0.1, 0.15) is 15.9 Å². The monoisotopic (exact) mass is 310 g/mol. The van der Waals surface area contributed by atoms with Gasteiger partial charge in [-0.05, 0) is 48.0 Å². The Bertz CT molecular complexity index is 820. The number of carboxylic acid groups (broad SMARTS) is 1. The Labute approximate surface area is 131 Å². The summed E-state index contributed by atoms with van der Waals surface area (Å²) in [6.07, 6.45) is 1.27. The van der Waals surface area contributed by atoms with Crippen LogP contribution in [0.4, 0.5) is 10.1 Å². The molecule has 0 saturated heterocycles. The molecular formula is C17H11FN2O3. The lowest BCUT2D eigenvalue weighted by molar-refractivity contribution is -0.112. The molecule has 1 amide bonds. The van der Waals surface area contributed by atoms with Gasteiger partial charge < -0.3 is 10.4 Å². The molecule has 0 aromatic heterocycles. The topological polar surface area (TPSA) is 90.2 Å². The van der Waals surface area contributed by atoms with Crippen LogP contribution in [0.15, 0.2) is 54.1 Å². The number of aromatic carboxylic acids is 1. The predicted octanol–water partition coefficient (Wildman–Crippen LogP) is 3.07. The van der Waals surface area contributed by atoms with Crippen molar-refractivity contribution in [1.29, 1.82) is 5.26 Å². The van der Waals surface area contributed by atoms with Crippen LogP contribution in [0.3, 0.4) is 0 Å². The van der Waals surface area contributed by atoms with Gasteiger partial charge in [-0.15, -0.1) is 0 Å². The number of rotatable bonds is 4. The second kappa shape index (κ2) is 7.00. The van der Waals surface area contributed by atoms with Crippen LogP contribution in [0.25, 0.3) is 6.08 Å². The molecule has 2 aromatic carbocycles. The highest BCUT2D eigenvalue weighted by Gasteiger charge is 2.10. The summed E-state index contributed by atoms with van der Waals surface area (Å²) in [4.78, 5) is 22.8. The highest BCUT2D eigenvalue weighted by Crippen LogP contribution is 2.13. The summed E-state index contributed by atoms with van der Waals surface area (Å²) < 4.78 is 13.1. The Morgan fingerprint density at radius 3 is 2.43 bits per heavy atom. The second-order valence-electron chi connectivity index (χ2n) is 4.56. The van der Waals surface area contributed by atoms with E-state index in [1.807, 2.05) is 0 Å². The first-order chi connectivity index (χ1) is 11.0. The van der Waals surface area contributed by atoms with Crippen molar-refractivity contribution in [3.8, 4) is 6.07 Å². The zero-order valence-electron chi connectivity index (χ0n) is 11.8. The normalized spacial score (nSPS) is 10.7. The summed E-state index contributed by atoms with van der Waals surface area (Å²) in [7, 11) is 0. The number of hydrogen-bond acceptors (Lipinski definition) is 3. The molecule has 0 aliphatic carbocycles. The number of carbonyl (C=O) groups is 2. The molecule has 6 heteroatoms. The van der Waals surface area contributed by atoms with Gasteiger partial charge in [0.2, 0.25) is 0 Å². The lowest BCUT2D eigenvalue weighted by Crippen LogP contribution is -2.13. The van der Waals surface area contributed by atoms with E-state index in [0.717, 1.165) is 0 Å². The molecule has 114 valence electrons. The van der Waals surface area contributed by atoms with E-state index in [0.29, 0.717) is 11.3 Å². The van der Waals surface area contributed by atoms with Crippen molar-refractivity contribution in [2.75, 3.05) is 5.32 Å². The summed E-state index contributed by atoms with van der Waals surface area (Å²) in [6.45, 7) is 0. The quantitative estimate of drug-likeness (QED) is 0.670. The minimum Gasteiger partial charge on any atom is -0.478 e. The molecule has 5 nitrogen and oxygen atoms in total. The van der Waals surface area contributed by atoms with Crippen LogP contribution in [0, 0.1) is 17.1 Å². The van der Waals surface area contributed by atoms with Gasteiger partial charge in [0.1, 0.15) is 17.5 Å². The Morgan fingerprint density at radius 1 is 1.17 bits per heavy atom. The molecule has 0 unspecified atom stereocenters. The molecule has 0 atom stereocenters. The summed E-state index contributed by atoms with van der Waals surface area (Å²) in [5.74, 6) is -2.22. The average molecular weight is 310 g/mol. The number of amides is 1. The average Bonchev–Trinajstić information content (AvgIpc) is 2.53. The van der Waals surface area contributed by atoms with Crippen molar-refractivity contribution < 1.29 is 19.1 Å². The molecule has 0 bridgehead atoms. The molecule has 0 fully saturated rings. The number of halogens is 1. The van der Waals surface area contributed by atoms with Gasteiger partial charge in [-0.25, -0.2) is 9.18 Å². The summed E-state index contributed by atoms with van der Waals surface area (Å²) in [5, 5.41) is 20.3. The molecule has 0 saturated carbocycles. The molecule has 0 heterocycles. The van der Waals surface area contributed by atoms with Gasteiger partial charge in [0.15, 0.2) is 0 Å². The van der Waals surface area contributed by atoms with E-state index in [-0.39, 0.29) is 11.1 Å². The van der Waals surface area contributed by atoms with Crippen molar-refractivity contribution in [3.05, 3.63) is 71.0 Å². The number of nitrogens with zero attached hydrogens (tertiary/aromatic N) is 1. The Kier molecular flexibility index (Phi) is 4.85. The van der Waals surface area contributed by atoms with Crippen molar-refractivity contribution in [2.45, 2.75) is 0 Å². The van der Waals surface area contributed by atoms with Crippen LogP contribution in [-0.4, -0.2) is 17.0 Å². The third-order valence-corrected chi connectivity index (χ3v) is 2.91. The summed E-state index contributed by atoms with van der Waals surface area (Å²) >= 11 is 0. The highest BCUT2D eigenvalue weighted by molar-refractivity contribution is 6.09. The molecule has 0 aliphatic rings. The largest absolute Gasteiger partial charge is 0.478 e. The van der Waals surface area contributed by atoms with E-state index < -0.39 is 17.7 Å². The molecule has 0 radical (unpaired) electrons. The van der Waals surface area contributed by atoms with Gasteiger partial charge in [-0.1, -0.05) is 12.1 Å². The van der Waals surface area contributed by atoms with Crippen molar-refractivity contribution >= 4 is 23.6 Å². The number of nitrogens with one attached hydrogen (secondary N) is 1. The maximum atomic E-state index is 13.1. The van der Waals surface area contributed by atoms with Gasteiger partial charge in [0, 0.05) is 5.69 Å². The zero-order chi connectivity index (χ0) is 16.8. The number of hydrogen-bond donors (Lipinski definition) is 2. The molecule has 2 N–H and O–H groups in total. The smallest absolute Gasteiger partial charge is 0.335 e. The van der Waals surface area contributed by atoms with Crippen molar-refractivity contribution in [1.82, 2.24) is 0 Å². The van der Waals surface area contributed by atoms with E-state index in [1.54, 1.807) is 12.1 Å². The number of anilines is 1. The van der Waals surface area contributed by atoms with Gasteiger partial charge in [-0.2, -0.15) is 5.26 Å². The molecular weight excluding hydrogens is 299 g/mol. The van der Waals surface area contributed by atoms with Crippen LogP contribution in [0.5, 0.6) is 0 Å². The maximum absolute atomic E-state index is 13.1. The predicted molar refractivity (Wildman–Crippen MR) is 82.0 cm³/mol. The minimum absolute atomic E-state index is 0.0822. The Balaban J connectivity index is 2.17. The van der Waals surface area contributed by atoms with E-state index in [9.17, 15) is 14.0 Å². The molecule has 0 aliphatic heterocycles. The van der Waals surface area contributed by atoms with E-state index >= 15 is 0 Å². The zero-order valence-corrected chi connectivity index (χ0v) is 11.8. The molecule has 2 rings (SSSR count). The van der Waals surface area contributed by atoms with Crippen LogP contribution < -0.4 is 5.32 Å². The highest BCUT2D eigenvalue weighted by atomic mass is 19.1. The fraction of sp³-hybridized carbons (Fsp3) is 0. The van der Waals surface area contributed by atoms with Gasteiger partial charge >= 0.3 is 5.97 Å². The standard InChI is InChI=1S/C17H11FN2O3/c18-14-3-1-2-11(9-14)8-13(10-19)16(21)20-15-6-4-12(5-7-15)17(22)23/h1-9H,(H,20,21)(H,22,23)/b13-8+. The second-order valence-corrected chi connectivity index (χ2v) is 4.56. The number of carbonyl (C=O) groups excluding carboxylic acids is 1. The number of benzene rings is 2. The SMILES string of the molecule is N#C/C(=C\c1cccc(F)c1)C(=O)Nc1ccc(C(=O)O)cc1. The minimum atomic E-state index is -1.08. The summed E-state index contributed by atoms with van der Waals surface area (Å²) in [5.41, 5.74) is 0.620. The lowest BCUT2D eigenvalue weighted by Gasteiger charge is -2.05.